The van der Waals surface area contributed by atoms with Crippen molar-refractivity contribution in [2.24, 2.45) is 0 Å². The highest BCUT2D eigenvalue weighted by Crippen LogP contribution is 2.25. The van der Waals surface area contributed by atoms with Crippen LogP contribution >= 0.6 is 23.2 Å². The van der Waals surface area contributed by atoms with Gasteiger partial charge in [0, 0.05) is 32.2 Å². The first-order valence-electron chi connectivity index (χ1n) is 6.72. The lowest BCUT2D eigenvalue weighted by atomic mass is 10.2. The molecule has 0 saturated carbocycles. The summed E-state index contributed by atoms with van der Waals surface area (Å²) < 4.78 is 30.3. The topological polar surface area (TPSA) is 26.3 Å². The first kappa shape index (κ1) is 17.3. The Bertz CT molecular complexity index is 627. The second-order valence-corrected chi connectivity index (χ2v) is 7.04. The highest BCUT2D eigenvalue weighted by Gasteiger charge is 2.09. The third-order valence-corrected chi connectivity index (χ3v) is 5.03. The molecule has 22 heavy (non-hydrogen) atoms. The fourth-order valence-electron chi connectivity index (χ4n) is 1.84. The molecular formula is C16H15Cl2FO2S. The van der Waals surface area contributed by atoms with Gasteiger partial charge in [-0.05, 0) is 42.8 Å². The van der Waals surface area contributed by atoms with Gasteiger partial charge in [0.1, 0.15) is 11.6 Å². The molecule has 0 saturated heterocycles. The summed E-state index contributed by atoms with van der Waals surface area (Å²) in [7, 11) is -1.06. The average molecular weight is 361 g/mol. The molecule has 2 aromatic carbocycles. The van der Waals surface area contributed by atoms with Crippen LogP contribution in [0, 0.1) is 5.82 Å². The van der Waals surface area contributed by atoms with E-state index >= 15 is 0 Å². The summed E-state index contributed by atoms with van der Waals surface area (Å²) in [5.41, 5.74) is 0.712. The van der Waals surface area contributed by atoms with Gasteiger partial charge in [0.25, 0.3) is 0 Å². The fraction of sp³-hybridized carbons (Fsp3) is 0.250. The molecule has 0 aromatic heterocycles. The van der Waals surface area contributed by atoms with Crippen molar-refractivity contribution in [2.75, 3.05) is 12.4 Å². The van der Waals surface area contributed by atoms with Crippen LogP contribution in [-0.2, 0) is 16.6 Å². The van der Waals surface area contributed by atoms with Crippen LogP contribution in [0.1, 0.15) is 12.0 Å². The van der Waals surface area contributed by atoms with Crippen molar-refractivity contribution in [2.45, 2.75) is 12.2 Å². The lowest BCUT2D eigenvalue weighted by Gasteiger charge is -2.08. The summed E-state index contributed by atoms with van der Waals surface area (Å²) in [5, 5.41) is 1.06. The molecule has 2 nitrogen and oxygen atoms in total. The molecule has 0 bridgehead atoms. The summed E-state index contributed by atoms with van der Waals surface area (Å²) >= 11 is 12.1. The molecule has 0 fully saturated rings. The van der Waals surface area contributed by atoms with Gasteiger partial charge in [-0.25, -0.2) is 4.39 Å². The van der Waals surface area contributed by atoms with E-state index in [0.29, 0.717) is 45.9 Å². The third kappa shape index (κ3) is 5.27. The van der Waals surface area contributed by atoms with Crippen molar-refractivity contribution in [3.8, 4) is 5.75 Å². The Kier molecular flexibility index (Phi) is 6.68. The standard InChI is InChI=1S/C16H15Cl2FO2S/c17-15-3-1-4-16(18)14(15)11-22(20)10-2-9-21-13-7-5-12(19)6-8-13/h1,3-8H,2,9-11H2. The summed E-state index contributed by atoms with van der Waals surface area (Å²) in [6, 6.07) is 11.0. The van der Waals surface area contributed by atoms with Gasteiger partial charge in [-0.15, -0.1) is 0 Å². The molecule has 0 N–H and O–H groups in total. The molecule has 0 amide bonds. The number of ether oxygens (including phenoxy) is 1. The Morgan fingerprint density at radius 2 is 1.68 bits per heavy atom. The smallest absolute Gasteiger partial charge is 0.123 e. The Labute approximate surface area is 141 Å². The molecule has 0 heterocycles. The average Bonchev–Trinajstić information content (AvgIpc) is 2.49. The van der Waals surface area contributed by atoms with Crippen molar-refractivity contribution < 1.29 is 13.3 Å². The second kappa shape index (κ2) is 8.51. The molecule has 0 radical (unpaired) electrons. The van der Waals surface area contributed by atoms with E-state index in [1.165, 1.54) is 12.1 Å². The van der Waals surface area contributed by atoms with Gasteiger partial charge in [-0.1, -0.05) is 29.3 Å². The molecule has 2 aromatic rings. The minimum atomic E-state index is -1.06. The molecule has 0 aliphatic carbocycles. The monoisotopic (exact) mass is 360 g/mol. The van der Waals surface area contributed by atoms with E-state index < -0.39 is 10.8 Å². The van der Waals surface area contributed by atoms with Gasteiger partial charge in [-0.3, -0.25) is 4.21 Å². The summed E-state index contributed by atoms with van der Waals surface area (Å²) in [6.07, 6.45) is 0.631. The molecule has 118 valence electrons. The molecule has 6 heteroatoms. The Morgan fingerprint density at radius 3 is 2.32 bits per heavy atom. The maximum absolute atomic E-state index is 12.7. The van der Waals surface area contributed by atoms with Crippen LogP contribution < -0.4 is 4.74 Å². The first-order valence-corrected chi connectivity index (χ1v) is 8.97. The lowest BCUT2D eigenvalue weighted by molar-refractivity contribution is 0.318. The van der Waals surface area contributed by atoms with Gasteiger partial charge in [-0.2, -0.15) is 0 Å². The molecule has 2 rings (SSSR count). The summed E-state index contributed by atoms with van der Waals surface area (Å²) in [6.45, 7) is 0.424. The maximum Gasteiger partial charge on any atom is 0.123 e. The SMILES string of the molecule is O=S(CCCOc1ccc(F)cc1)Cc1c(Cl)cccc1Cl. The van der Waals surface area contributed by atoms with Crippen LogP contribution in [0.4, 0.5) is 4.39 Å². The van der Waals surface area contributed by atoms with Crippen molar-refractivity contribution in [3.63, 3.8) is 0 Å². The lowest BCUT2D eigenvalue weighted by Crippen LogP contribution is -2.07. The number of hydrogen-bond donors (Lipinski definition) is 0. The second-order valence-electron chi connectivity index (χ2n) is 4.64. The van der Waals surface area contributed by atoms with Crippen molar-refractivity contribution in [1.82, 2.24) is 0 Å². The third-order valence-electron chi connectivity index (χ3n) is 2.97. The van der Waals surface area contributed by atoms with Crippen LogP contribution in [0.2, 0.25) is 10.0 Å². The minimum Gasteiger partial charge on any atom is -0.494 e. The van der Waals surface area contributed by atoms with Gasteiger partial charge in [0.15, 0.2) is 0 Å². The van der Waals surface area contributed by atoms with Gasteiger partial charge >= 0.3 is 0 Å². The molecule has 1 unspecified atom stereocenters. The van der Waals surface area contributed by atoms with E-state index in [4.69, 9.17) is 27.9 Å². The molecule has 1 atom stereocenters. The van der Waals surface area contributed by atoms with E-state index in [1.807, 2.05) is 0 Å². The summed E-state index contributed by atoms with van der Waals surface area (Å²) in [4.78, 5) is 0. The van der Waals surface area contributed by atoms with Crippen molar-refractivity contribution >= 4 is 34.0 Å². The molecular weight excluding hydrogens is 346 g/mol. The fourth-order valence-corrected chi connectivity index (χ4v) is 3.75. The van der Waals surface area contributed by atoms with E-state index in [2.05, 4.69) is 0 Å². The Hall–Kier alpha value is -1.10. The van der Waals surface area contributed by atoms with Crippen LogP contribution in [-0.4, -0.2) is 16.6 Å². The number of halogens is 3. The number of benzene rings is 2. The first-order chi connectivity index (χ1) is 10.6. The summed E-state index contributed by atoms with van der Waals surface area (Å²) in [5.74, 6) is 1.11. The van der Waals surface area contributed by atoms with Crippen LogP contribution in [0.25, 0.3) is 0 Å². The van der Waals surface area contributed by atoms with E-state index in [1.54, 1.807) is 30.3 Å². The number of rotatable bonds is 7. The van der Waals surface area contributed by atoms with Gasteiger partial charge in [0.05, 0.1) is 12.4 Å². The highest BCUT2D eigenvalue weighted by atomic mass is 35.5. The Balaban J connectivity index is 1.75. The number of hydrogen-bond acceptors (Lipinski definition) is 2. The maximum atomic E-state index is 12.7. The molecule has 0 aliphatic heterocycles. The van der Waals surface area contributed by atoms with Crippen molar-refractivity contribution in [3.05, 3.63) is 63.9 Å². The van der Waals surface area contributed by atoms with Gasteiger partial charge in [0.2, 0.25) is 0 Å². The zero-order valence-electron chi connectivity index (χ0n) is 11.7. The highest BCUT2D eigenvalue weighted by molar-refractivity contribution is 7.84. The quantitative estimate of drug-likeness (QED) is 0.659. The van der Waals surface area contributed by atoms with Crippen LogP contribution in [0.3, 0.4) is 0 Å². The minimum absolute atomic E-state index is 0.301. The van der Waals surface area contributed by atoms with E-state index in [0.717, 1.165) is 0 Å². The van der Waals surface area contributed by atoms with E-state index in [9.17, 15) is 8.60 Å². The zero-order valence-corrected chi connectivity index (χ0v) is 14.1. The van der Waals surface area contributed by atoms with E-state index in [-0.39, 0.29) is 5.82 Å². The molecule has 0 aliphatic rings. The van der Waals surface area contributed by atoms with Crippen molar-refractivity contribution in [1.29, 1.82) is 0 Å². The van der Waals surface area contributed by atoms with Gasteiger partial charge < -0.3 is 4.74 Å². The molecule has 0 spiro atoms. The largest absolute Gasteiger partial charge is 0.494 e. The normalized spacial score (nSPS) is 12.1. The Morgan fingerprint density at radius 1 is 1.05 bits per heavy atom. The predicted octanol–water partition coefficient (Wildman–Crippen LogP) is 4.85. The van der Waals surface area contributed by atoms with Crippen LogP contribution in [0.5, 0.6) is 5.75 Å². The van der Waals surface area contributed by atoms with Crippen LogP contribution in [0.15, 0.2) is 42.5 Å². The zero-order chi connectivity index (χ0) is 15.9. The predicted molar refractivity (Wildman–Crippen MR) is 89.7 cm³/mol.